The van der Waals surface area contributed by atoms with Crippen LogP contribution in [0.2, 0.25) is 0 Å². The van der Waals surface area contributed by atoms with E-state index < -0.39 is 11.6 Å². The van der Waals surface area contributed by atoms with Crippen LogP contribution >= 0.6 is 0 Å². The maximum Gasteiger partial charge on any atom is 0.150 e. The van der Waals surface area contributed by atoms with Gasteiger partial charge in [-0.25, -0.2) is 13.2 Å². The van der Waals surface area contributed by atoms with Crippen molar-refractivity contribution >= 4 is 10.9 Å². The normalized spacial score (nSPS) is 15.2. The van der Waals surface area contributed by atoms with Gasteiger partial charge in [0.1, 0.15) is 17.5 Å². The minimum Gasteiger partial charge on any atom is -0.352 e. The minimum atomic E-state index is -0.594. The second-order valence-electron chi connectivity index (χ2n) is 5.86. The molecule has 22 heavy (non-hydrogen) atoms. The average molecular weight is 301 g/mol. The first-order valence-electron chi connectivity index (χ1n) is 7.40. The van der Waals surface area contributed by atoms with Crippen LogP contribution in [0.5, 0.6) is 0 Å². The van der Waals surface area contributed by atoms with Crippen molar-refractivity contribution in [1.29, 1.82) is 0 Å². The number of rotatable bonds is 2. The molecule has 4 rings (SSSR count). The lowest BCUT2D eigenvalue weighted by molar-refractivity contribution is 0.423. The van der Waals surface area contributed by atoms with Crippen LogP contribution in [0.25, 0.3) is 22.2 Å². The van der Waals surface area contributed by atoms with E-state index in [9.17, 15) is 13.2 Å². The maximum absolute atomic E-state index is 14.1. The number of H-pyrrole nitrogens is 1. The van der Waals surface area contributed by atoms with Crippen LogP contribution in [-0.2, 0) is 0 Å². The van der Waals surface area contributed by atoms with Crippen LogP contribution in [0.4, 0.5) is 13.2 Å². The molecule has 1 N–H and O–H groups in total. The van der Waals surface area contributed by atoms with Crippen LogP contribution < -0.4 is 0 Å². The van der Waals surface area contributed by atoms with Crippen molar-refractivity contribution in [2.24, 2.45) is 0 Å². The molecule has 1 heterocycles. The van der Waals surface area contributed by atoms with Crippen LogP contribution in [0.1, 0.15) is 30.7 Å². The Balaban J connectivity index is 2.00. The van der Waals surface area contributed by atoms with Crippen LogP contribution in [0.3, 0.4) is 0 Å². The molecular formula is C18H14F3N. The summed E-state index contributed by atoms with van der Waals surface area (Å²) in [5.74, 6) is -1.18. The topological polar surface area (TPSA) is 15.8 Å². The van der Waals surface area contributed by atoms with E-state index in [2.05, 4.69) is 4.98 Å². The van der Waals surface area contributed by atoms with Gasteiger partial charge in [-0.1, -0.05) is 6.42 Å². The molecule has 0 unspecified atom stereocenters. The monoisotopic (exact) mass is 301 g/mol. The number of fused-ring (bicyclic) bond motifs is 1. The van der Waals surface area contributed by atoms with Gasteiger partial charge in [-0.3, -0.25) is 0 Å². The molecule has 1 saturated carbocycles. The predicted octanol–water partition coefficient (Wildman–Crippen LogP) is 5.52. The molecule has 3 aromatic rings. The van der Waals surface area contributed by atoms with E-state index in [4.69, 9.17) is 0 Å². The standard InChI is InChI=1S/C18H14F3N/c19-12-6-4-11(5-7-12)17-16(10-2-1-3-10)14-8-13(20)9-15(21)18(14)22-17/h4-10,22H,1-3H2. The first-order chi connectivity index (χ1) is 10.6. The zero-order valence-corrected chi connectivity index (χ0v) is 11.8. The first kappa shape index (κ1) is 13.4. The number of halogens is 3. The van der Waals surface area contributed by atoms with Gasteiger partial charge < -0.3 is 4.98 Å². The highest BCUT2D eigenvalue weighted by Gasteiger charge is 2.27. The van der Waals surface area contributed by atoms with E-state index in [-0.39, 0.29) is 5.82 Å². The summed E-state index contributed by atoms with van der Waals surface area (Å²) in [5.41, 5.74) is 2.83. The Morgan fingerprint density at radius 3 is 2.27 bits per heavy atom. The Morgan fingerprint density at radius 1 is 0.909 bits per heavy atom. The Hall–Kier alpha value is -2.23. The number of hydrogen-bond acceptors (Lipinski definition) is 0. The molecule has 1 aromatic heterocycles. The SMILES string of the molecule is Fc1ccc(-c2[nH]c3c(F)cc(F)cc3c2C2CCC2)cc1. The van der Waals surface area contributed by atoms with E-state index in [0.29, 0.717) is 16.8 Å². The molecule has 0 radical (unpaired) electrons. The van der Waals surface area contributed by atoms with Crippen LogP contribution in [-0.4, -0.2) is 4.98 Å². The fourth-order valence-electron chi connectivity index (χ4n) is 3.21. The number of hydrogen-bond donors (Lipinski definition) is 1. The molecular weight excluding hydrogens is 287 g/mol. The lowest BCUT2D eigenvalue weighted by atomic mass is 9.78. The smallest absolute Gasteiger partial charge is 0.150 e. The molecule has 0 atom stereocenters. The zero-order chi connectivity index (χ0) is 15.3. The third-order valence-corrected chi connectivity index (χ3v) is 4.51. The predicted molar refractivity (Wildman–Crippen MR) is 80.2 cm³/mol. The largest absolute Gasteiger partial charge is 0.352 e. The maximum atomic E-state index is 14.1. The molecule has 1 fully saturated rings. The van der Waals surface area contributed by atoms with Crippen LogP contribution in [0, 0.1) is 17.5 Å². The van der Waals surface area contributed by atoms with Crippen molar-refractivity contribution in [3.63, 3.8) is 0 Å². The van der Waals surface area contributed by atoms with Crippen molar-refractivity contribution in [1.82, 2.24) is 4.98 Å². The minimum absolute atomic E-state index is 0.301. The third kappa shape index (κ3) is 2.02. The molecule has 0 bridgehead atoms. The summed E-state index contributed by atoms with van der Waals surface area (Å²) >= 11 is 0. The average Bonchev–Trinajstić information content (AvgIpc) is 2.78. The Kier molecular flexibility index (Phi) is 2.99. The number of aromatic amines is 1. The Morgan fingerprint density at radius 2 is 1.64 bits per heavy atom. The van der Waals surface area contributed by atoms with Gasteiger partial charge in [0.05, 0.1) is 11.2 Å². The molecule has 1 aliphatic carbocycles. The highest BCUT2D eigenvalue weighted by Crippen LogP contribution is 2.45. The fraction of sp³-hybridized carbons (Fsp3) is 0.222. The van der Waals surface area contributed by atoms with Gasteiger partial charge in [0, 0.05) is 11.5 Å². The summed E-state index contributed by atoms with van der Waals surface area (Å²) < 4.78 is 40.8. The summed E-state index contributed by atoms with van der Waals surface area (Å²) in [4.78, 5) is 3.08. The first-order valence-corrected chi connectivity index (χ1v) is 7.40. The third-order valence-electron chi connectivity index (χ3n) is 4.51. The second kappa shape index (κ2) is 4.90. The van der Waals surface area contributed by atoms with Crippen molar-refractivity contribution in [3.8, 4) is 11.3 Å². The lowest BCUT2D eigenvalue weighted by Crippen LogP contribution is -2.09. The summed E-state index contributed by atoms with van der Waals surface area (Å²) in [6, 6.07) is 8.35. The van der Waals surface area contributed by atoms with E-state index in [1.165, 1.54) is 18.2 Å². The highest BCUT2D eigenvalue weighted by atomic mass is 19.1. The molecule has 1 nitrogen and oxygen atoms in total. The van der Waals surface area contributed by atoms with Crippen molar-refractivity contribution in [3.05, 3.63) is 59.4 Å². The van der Waals surface area contributed by atoms with E-state index >= 15 is 0 Å². The molecule has 1 aliphatic rings. The van der Waals surface area contributed by atoms with Gasteiger partial charge >= 0.3 is 0 Å². The lowest BCUT2D eigenvalue weighted by Gasteiger charge is -2.26. The Bertz CT molecular complexity index is 845. The second-order valence-corrected chi connectivity index (χ2v) is 5.86. The van der Waals surface area contributed by atoms with Crippen LogP contribution in [0.15, 0.2) is 36.4 Å². The molecule has 2 aromatic carbocycles. The summed E-state index contributed by atoms with van der Waals surface area (Å²) in [6.45, 7) is 0. The van der Waals surface area contributed by atoms with E-state index in [1.54, 1.807) is 12.1 Å². The van der Waals surface area contributed by atoms with Gasteiger partial charge in [-0.2, -0.15) is 0 Å². The molecule has 112 valence electrons. The van der Waals surface area contributed by atoms with Gasteiger partial charge in [-0.05, 0) is 60.2 Å². The zero-order valence-electron chi connectivity index (χ0n) is 11.8. The molecule has 4 heteroatoms. The molecule has 0 saturated heterocycles. The molecule has 0 amide bonds. The highest BCUT2D eigenvalue weighted by molar-refractivity contribution is 5.92. The van der Waals surface area contributed by atoms with Crippen molar-refractivity contribution < 1.29 is 13.2 Å². The van der Waals surface area contributed by atoms with E-state index in [0.717, 1.165) is 42.1 Å². The summed E-state index contributed by atoms with van der Waals surface area (Å²) in [6.07, 6.45) is 3.15. The number of nitrogens with one attached hydrogen (secondary N) is 1. The van der Waals surface area contributed by atoms with Gasteiger partial charge in [0.2, 0.25) is 0 Å². The number of benzene rings is 2. The van der Waals surface area contributed by atoms with E-state index in [1.807, 2.05) is 0 Å². The van der Waals surface area contributed by atoms with Gasteiger partial charge in [0.15, 0.2) is 0 Å². The number of aromatic nitrogens is 1. The quantitative estimate of drug-likeness (QED) is 0.641. The molecule has 0 aliphatic heterocycles. The van der Waals surface area contributed by atoms with Crippen molar-refractivity contribution in [2.45, 2.75) is 25.2 Å². The summed E-state index contributed by atoms with van der Waals surface area (Å²) in [7, 11) is 0. The van der Waals surface area contributed by atoms with Gasteiger partial charge in [0.25, 0.3) is 0 Å². The Labute approximate surface area is 125 Å². The summed E-state index contributed by atoms with van der Waals surface area (Å²) in [5, 5.41) is 0.599. The van der Waals surface area contributed by atoms with Gasteiger partial charge in [-0.15, -0.1) is 0 Å². The molecule has 0 spiro atoms. The van der Waals surface area contributed by atoms with Crippen molar-refractivity contribution in [2.75, 3.05) is 0 Å². The fourth-order valence-corrected chi connectivity index (χ4v) is 3.21.